The number of rotatable bonds is 8. The van der Waals surface area contributed by atoms with Gasteiger partial charge in [0.1, 0.15) is 0 Å². The Morgan fingerprint density at radius 2 is 1.31 bits per heavy atom. The first-order valence-corrected chi connectivity index (χ1v) is 14.1. The summed E-state index contributed by atoms with van der Waals surface area (Å²) in [5, 5.41) is 11.3. The molecule has 0 radical (unpaired) electrons. The highest BCUT2D eigenvalue weighted by Crippen LogP contribution is 2.32. The molecule has 0 aliphatic heterocycles. The maximum absolute atomic E-state index is 12.9. The number of halogens is 1. The number of carbonyl (C=O) groups is 2. The van der Waals surface area contributed by atoms with E-state index in [0.717, 1.165) is 22.0 Å². The molecule has 1 fully saturated rings. The van der Waals surface area contributed by atoms with Crippen molar-refractivity contribution < 1.29 is 18.0 Å². The number of hydrogen-bond acceptors (Lipinski definition) is 4. The van der Waals surface area contributed by atoms with Gasteiger partial charge in [-0.15, -0.1) is 0 Å². The van der Waals surface area contributed by atoms with Gasteiger partial charge in [-0.1, -0.05) is 76.9 Å². The predicted octanol–water partition coefficient (Wildman–Crippen LogP) is 4.11. The van der Waals surface area contributed by atoms with Gasteiger partial charge in [-0.2, -0.15) is 0 Å². The summed E-state index contributed by atoms with van der Waals surface area (Å²) < 4.78 is 24.8. The summed E-state index contributed by atoms with van der Waals surface area (Å²) in [4.78, 5) is 25.8. The van der Waals surface area contributed by atoms with Gasteiger partial charge in [-0.05, 0) is 47.7 Å². The number of nitrogens with one attached hydrogen (secondary N) is 2. The minimum atomic E-state index is -3.85. The zero-order valence-corrected chi connectivity index (χ0v) is 22.0. The average molecular weight is 571 g/mol. The number of benzene rings is 3. The lowest BCUT2D eigenvalue weighted by Crippen LogP contribution is -2.39. The van der Waals surface area contributed by atoms with E-state index in [1.807, 2.05) is 36.4 Å². The van der Waals surface area contributed by atoms with Crippen molar-refractivity contribution in [2.75, 3.05) is 0 Å². The van der Waals surface area contributed by atoms with Gasteiger partial charge in [0, 0.05) is 35.0 Å². The Balaban J connectivity index is 1.34. The Kier molecular flexibility index (Phi) is 8.23. The van der Waals surface area contributed by atoms with E-state index in [4.69, 9.17) is 5.14 Å². The lowest BCUT2D eigenvalue weighted by atomic mass is 9.94. The highest BCUT2D eigenvalue weighted by molar-refractivity contribution is 9.10. The molecule has 9 heteroatoms. The third-order valence-corrected chi connectivity index (χ3v) is 7.99. The summed E-state index contributed by atoms with van der Waals surface area (Å²) in [7, 11) is -3.85. The molecule has 2 atom stereocenters. The smallest absolute Gasteiger partial charge is 0.238 e. The lowest BCUT2D eigenvalue weighted by Gasteiger charge is -2.19. The number of sulfonamides is 1. The molecule has 2 amide bonds. The predicted molar refractivity (Wildman–Crippen MR) is 142 cm³/mol. The minimum absolute atomic E-state index is 0.0664. The fourth-order valence-corrected chi connectivity index (χ4v) is 5.61. The van der Waals surface area contributed by atoms with Crippen LogP contribution in [-0.2, 0) is 32.7 Å². The van der Waals surface area contributed by atoms with Crippen molar-refractivity contribution in [2.45, 2.75) is 37.2 Å². The molecule has 0 aromatic heterocycles. The van der Waals surface area contributed by atoms with Crippen molar-refractivity contribution in [2.24, 2.45) is 17.0 Å². The van der Waals surface area contributed by atoms with Crippen molar-refractivity contribution in [3.63, 3.8) is 0 Å². The van der Waals surface area contributed by atoms with E-state index in [-0.39, 0.29) is 28.5 Å². The summed E-state index contributed by atoms with van der Waals surface area (Å²) in [5.74, 6) is -0.901. The van der Waals surface area contributed by atoms with Crippen molar-refractivity contribution >= 4 is 37.8 Å². The monoisotopic (exact) mass is 569 g/mol. The maximum atomic E-state index is 12.9. The second kappa shape index (κ2) is 11.4. The van der Waals surface area contributed by atoms with E-state index in [1.165, 1.54) is 6.07 Å². The Morgan fingerprint density at radius 1 is 0.806 bits per heavy atom. The Hall–Kier alpha value is -3.01. The summed E-state index contributed by atoms with van der Waals surface area (Å²) in [6, 6.07) is 21.6. The van der Waals surface area contributed by atoms with Crippen LogP contribution in [0.15, 0.2) is 82.2 Å². The van der Waals surface area contributed by atoms with Crippen LogP contribution in [0.3, 0.4) is 0 Å². The molecule has 1 saturated carbocycles. The van der Waals surface area contributed by atoms with E-state index in [9.17, 15) is 18.0 Å². The molecule has 3 aromatic rings. The zero-order valence-electron chi connectivity index (χ0n) is 19.6. The van der Waals surface area contributed by atoms with Crippen LogP contribution in [0, 0.1) is 11.8 Å². The van der Waals surface area contributed by atoms with E-state index >= 15 is 0 Å². The first-order chi connectivity index (χ1) is 17.2. The van der Waals surface area contributed by atoms with Gasteiger partial charge in [0.15, 0.2) is 0 Å². The van der Waals surface area contributed by atoms with E-state index in [1.54, 1.807) is 30.3 Å². The number of carbonyl (C=O) groups excluding carboxylic acids is 2. The third kappa shape index (κ3) is 6.40. The molecule has 0 bridgehead atoms. The van der Waals surface area contributed by atoms with Crippen LogP contribution >= 0.6 is 15.9 Å². The summed E-state index contributed by atoms with van der Waals surface area (Å²) in [6.07, 6.45) is 2.22. The molecule has 0 saturated heterocycles. The summed E-state index contributed by atoms with van der Waals surface area (Å²) in [6.45, 7) is 0.748. The molecule has 0 spiro atoms. The number of amides is 2. The number of hydrogen-bond donors (Lipinski definition) is 3. The Labute approximate surface area is 219 Å². The Bertz CT molecular complexity index is 1340. The molecule has 2 unspecified atom stereocenters. The van der Waals surface area contributed by atoms with Crippen LogP contribution in [0.1, 0.15) is 30.4 Å². The minimum Gasteiger partial charge on any atom is -0.352 e. The number of primary sulfonamides is 1. The summed E-state index contributed by atoms with van der Waals surface area (Å²) >= 11 is 3.40. The fraction of sp³-hybridized carbons (Fsp3) is 0.259. The Morgan fingerprint density at radius 3 is 1.83 bits per heavy atom. The molecule has 4 N–H and O–H groups in total. The highest BCUT2D eigenvalue weighted by Gasteiger charge is 2.37. The molecular formula is C27H28BrN3O4S. The van der Waals surface area contributed by atoms with Crippen LogP contribution < -0.4 is 15.8 Å². The third-order valence-electron chi connectivity index (χ3n) is 6.49. The molecular weight excluding hydrogens is 542 g/mol. The average Bonchev–Trinajstić information content (AvgIpc) is 3.37. The van der Waals surface area contributed by atoms with E-state index < -0.39 is 10.0 Å². The summed E-state index contributed by atoms with van der Waals surface area (Å²) in [5.41, 5.74) is 3.11. The quantitative estimate of drug-likeness (QED) is 0.378. The van der Waals surface area contributed by atoms with Gasteiger partial charge in [0.05, 0.1) is 4.90 Å². The normalized spacial score (nSPS) is 17.5. The molecule has 4 rings (SSSR count). The van der Waals surface area contributed by atoms with Gasteiger partial charge in [0.25, 0.3) is 0 Å². The zero-order chi connectivity index (χ0) is 25.7. The van der Waals surface area contributed by atoms with Gasteiger partial charge < -0.3 is 10.6 Å². The van der Waals surface area contributed by atoms with Crippen LogP contribution in [0.4, 0.5) is 0 Å². The lowest BCUT2D eigenvalue weighted by molar-refractivity contribution is -0.133. The molecule has 0 heterocycles. The molecule has 7 nitrogen and oxygen atoms in total. The van der Waals surface area contributed by atoms with Crippen LogP contribution in [0.25, 0.3) is 11.1 Å². The maximum Gasteiger partial charge on any atom is 0.238 e. The molecule has 1 aliphatic carbocycles. The highest BCUT2D eigenvalue weighted by atomic mass is 79.9. The van der Waals surface area contributed by atoms with Crippen LogP contribution in [-0.4, -0.2) is 20.2 Å². The first kappa shape index (κ1) is 26.1. The largest absolute Gasteiger partial charge is 0.352 e. The first-order valence-electron chi connectivity index (χ1n) is 11.7. The topological polar surface area (TPSA) is 118 Å². The molecule has 1 aliphatic rings. The van der Waals surface area contributed by atoms with Gasteiger partial charge in [-0.3, -0.25) is 9.59 Å². The van der Waals surface area contributed by atoms with Crippen LogP contribution in [0.5, 0.6) is 0 Å². The van der Waals surface area contributed by atoms with Crippen molar-refractivity contribution in [1.29, 1.82) is 0 Å². The van der Waals surface area contributed by atoms with Crippen molar-refractivity contribution in [1.82, 2.24) is 10.6 Å². The standard InChI is InChI=1S/C27H28BrN3O4S/c28-21-14-10-19(11-15-21)17-31-27(33)24-6-3-5-23(24)26(32)30-16-18-8-12-20(13-9-18)22-4-1-2-7-25(22)36(29,34)35/h1-2,4,7-15,23-24H,3,5-6,16-17H2,(H,30,32)(H,31,33)(H2,29,34,35). The SMILES string of the molecule is NS(=O)(=O)c1ccccc1-c1ccc(CNC(=O)C2CCCC2C(=O)NCc2ccc(Br)cc2)cc1. The van der Waals surface area contributed by atoms with Crippen molar-refractivity contribution in [3.8, 4) is 11.1 Å². The van der Waals surface area contributed by atoms with E-state index in [0.29, 0.717) is 37.1 Å². The number of nitrogens with two attached hydrogens (primary N) is 1. The van der Waals surface area contributed by atoms with Gasteiger partial charge in [0.2, 0.25) is 21.8 Å². The van der Waals surface area contributed by atoms with Crippen molar-refractivity contribution in [3.05, 3.63) is 88.4 Å². The van der Waals surface area contributed by atoms with E-state index in [2.05, 4.69) is 26.6 Å². The van der Waals surface area contributed by atoms with Gasteiger partial charge >= 0.3 is 0 Å². The second-order valence-electron chi connectivity index (χ2n) is 8.94. The molecule has 3 aromatic carbocycles. The van der Waals surface area contributed by atoms with Gasteiger partial charge in [-0.25, -0.2) is 13.6 Å². The van der Waals surface area contributed by atoms with Crippen LogP contribution in [0.2, 0.25) is 0 Å². The molecule has 188 valence electrons. The second-order valence-corrected chi connectivity index (χ2v) is 11.4. The molecule has 36 heavy (non-hydrogen) atoms. The fourth-order valence-electron chi connectivity index (χ4n) is 4.59.